The molecule has 1 atom stereocenters. The number of anilines is 2. The Morgan fingerprint density at radius 3 is 2.28 bits per heavy atom. The summed E-state index contributed by atoms with van der Waals surface area (Å²) in [5.74, 6) is -3.35. The highest BCUT2D eigenvalue weighted by Crippen LogP contribution is 2.21. The molecule has 1 heterocycles. The number of nitrogens with two attached hydrogens (primary N) is 2. The Kier molecular flexibility index (Phi) is 9.66. The van der Waals surface area contributed by atoms with E-state index in [0.717, 1.165) is 0 Å². The molecule has 1 unspecified atom stereocenters. The van der Waals surface area contributed by atoms with Crippen molar-refractivity contribution in [3.05, 3.63) is 53.6 Å². The topological polar surface area (TPSA) is 208 Å². The Morgan fingerprint density at radius 1 is 1.00 bits per heavy atom. The molecule has 0 aliphatic carbocycles. The molecule has 0 fully saturated rings. The minimum Gasteiger partial charge on any atom is -0.481 e. The summed E-state index contributed by atoms with van der Waals surface area (Å²) in [6.07, 6.45) is -0.727. The number of nitrogens with zero attached hydrogens (tertiary/aromatic N) is 2. The molecular formula is C24H27N5O7. The average molecular weight is 498 g/mol. The molecular weight excluding hydrogens is 470 g/mol. The van der Waals surface area contributed by atoms with Crippen molar-refractivity contribution < 1.29 is 34.1 Å². The van der Waals surface area contributed by atoms with Crippen molar-refractivity contribution in [1.82, 2.24) is 15.3 Å². The van der Waals surface area contributed by atoms with E-state index in [1.54, 1.807) is 18.2 Å². The third-order valence-corrected chi connectivity index (χ3v) is 4.75. The molecule has 190 valence electrons. The lowest BCUT2D eigenvalue weighted by molar-refractivity contribution is -0.140. The third kappa shape index (κ3) is 7.65. The smallest absolute Gasteiger partial charge is 0.326 e. The summed E-state index contributed by atoms with van der Waals surface area (Å²) in [6.45, 7) is 4.00. The zero-order valence-corrected chi connectivity index (χ0v) is 19.7. The van der Waals surface area contributed by atoms with Gasteiger partial charge in [0, 0.05) is 17.4 Å². The lowest BCUT2D eigenvalue weighted by Crippen LogP contribution is -2.41. The van der Waals surface area contributed by atoms with Crippen LogP contribution in [0.3, 0.4) is 0 Å². The van der Waals surface area contributed by atoms with Crippen LogP contribution in [0.5, 0.6) is 5.75 Å². The van der Waals surface area contributed by atoms with E-state index < -0.39 is 36.3 Å². The maximum Gasteiger partial charge on any atom is 0.326 e. The van der Waals surface area contributed by atoms with Crippen molar-refractivity contribution in [2.75, 3.05) is 11.5 Å². The number of nitrogens with one attached hydrogen (secondary N) is 1. The van der Waals surface area contributed by atoms with E-state index in [4.69, 9.17) is 26.4 Å². The molecule has 0 spiro atoms. The molecule has 1 aromatic heterocycles. The number of rotatable bonds is 9. The van der Waals surface area contributed by atoms with Gasteiger partial charge < -0.3 is 31.7 Å². The molecule has 0 radical (unpaired) electrons. The molecule has 3 aromatic rings. The number of ether oxygens (including phenoxy) is 1. The first kappa shape index (κ1) is 27.5. The van der Waals surface area contributed by atoms with Crippen LogP contribution in [0.1, 0.15) is 42.6 Å². The van der Waals surface area contributed by atoms with Crippen molar-refractivity contribution in [1.29, 1.82) is 0 Å². The number of carboxylic acid groups (broad SMARTS) is 2. The predicted molar refractivity (Wildman–Crippen MR) is 131 cm³/mol. The molecule has 36 heavy (non-hydrogen) atoms. The summed E-state index contributed by atoms with van der Waals surface area (Å²) in [6, 6.07) is 9.15. The van der Waals surface area contributed by atoms with Gasteiger partial charge in [0.2, 0.25) is 5.95 Å². The fourth-order valence-electron chi connectivity index (χ4n) is 3.10. The second-order valence-corrected chi connectivity index (χ2v) is 7.29. The average Bonchev–Trinajstić information content (AvgIpc) is 2.83. The number of carbonyl (C=O) groups is 4. The number of hydrogen-bond donors (Lipinski definition) is 5. The Morgan fingerprint density at radius 2 is 1.67 bits per heavy atom. The van der Waals surface area contributed by atoms with E-state index in [2.05, 4.69) is 15.3 Å². The lowest BCUT2D eigenvalue weighted by Gasteiger charge is -2.13. The molecule has 3 rings (SSSR count). The number of nitrogen functional groups attached to an aromatic ring is 2. The second kappa shape index (κ2) is 12.6. The van der Waals surface area contributed by atoms with Crippen LogP contribution in [0.4, 0.5) is 11.8 Å². The fraction of sp³-hybridized carbons (Fsp3) is 0.250. The minimum absolute atomic E-state index is 0.0491. The maximum absolute atomic E-state index is 12.3. The molecule has 0 saturated carbocycles. The molecule has 0 bridgehead atoms. The first-order valence-corrected chi connectivity index (χ1v) is 11.0. The van der Waals surface area contributed by atoms with Gasteiger partial charge in [0.05, 0.1) is 11.9 Å². The molecule has 7 N–H and O–H groups in total. The number of benzene rings is 2. The summed E-state index contributed by atoms with van der Waals surface area (Å²) in [5, 5.41) is 20.7. The number of aliphatic carboxylic acids is 2. The molecule has 1 amide bonds. The summed E-state index contributed by atoms with van der Waals surface area (Å²) < 4.78 is 5.29. The number of esters is 1. The van der Waals surface area contributed by atoms with Crippen molar-refractivity contribution >= 4 is 46.5 Å². The molecule has 12 nitrogen and oxygen atoms in total. The third-order valence-electron chi connectivity index (χ3n) is 4.75. The van der Waals surface area contributed by atoms with E-state index in [0.29, 0.717) is 16.5 Å². The Labute approximate surface area is 206 Å². The largest absolute Gasteiger partial charge is 0.481 e. The van der Waals surface area contributed by atoms with Crippen LogP contribution in [0.25, 0.3) is 10.9 Å². The van der Waals surface area contributed by atoms with Crippen LogP contribution in [-0.2, 0) is 20.8 Å². The van der Waals surface area contributed by atoms with E-state index in [1.165, 1.54) is 24.3 Å². The van der Waals surface area contributed by atoms with Gasteiger partial charge in [0.15, 0.2) is 0 Å². The van der Waals surface area contributed by atoms with Crippen LogP contribution in [-0.4, -0.2) is 50.0 Å². The van der Waals surface area contributed by atoms with Crippen LogP contribution in [0.15, 0.2) is 42.5 Å². The zero-order valence-electron chi connectivity index (χ0n) is 19.7. The van der Waals surface area contributed by atoms with Crippen molar-refractivity contribution in [3.63, 3.8) is 0 Å². The van der Waals surface area contributed by atoms with E-state index >= 15 is 0 Å². The van der Waals surface area contributed by atoms with Crippen LogP contribution < -0.4 is 21.5 Å². The van der Waals surface area contributed by atoms with Crippen LogP contribution in [0, 0.1) is 0 Å². The summed E-state index contributed by atoms with van der Waals surface area (Å²) in [4.78, 5) is 54.4. The van der Waals surface area contributed by atoms with Gasteiger partial charge in [0.25, 0.3) is 5.91 Å². The monoisotopic (exact) mass is 497 g/mol. The Bertz CT molecular complexity index is 1260. The highest BCUT2D eigenvalue weighted by molar-refractivity contribution is 5.97. The number of carboxylic acids is 2. The highest BCUT2D eigenvalue weighted by Gasteiger charge is 2.21. The number of fused-ring (bicyclic) bond motifs is 1. The summed E-state index contributed by atoms with van der Waals surface area (Å²) in [5.41, 5.74) is 12.7. The number of amides is 1. The van der Waals surface area contributed by atoms with Gasteiger partial charge in [-0.25, -0.2) is 9.78 Å². The standard InChI is InChI=1S/C22H21N5O7.C2H6/c23-19-14-9-11(1-6-15(14)26-22(24)27-19)10-18(30)34-13-4-2-12(3-5-13)20(31)25-16(21(32)33)7-8-17(28)29;1-2/h1-6,9,16H,7-8,10H2,(H,25,31)(H,28,29)(H,32,33)(H4,23,24,26,27);1-2H3. The second-order valence-electron chi connectivity index (χ2n) is 7.29. The van der Waals surface area contributed by atoms with Gasteiger partial charge in [0.1, 0.15) is 17.6 Å². The van der Waals surface area contributed by atoms with Gasteiger partial charge in [-0.3, -0.25) is 14.4 Å². The Balaban J connectivity index is 0.00000222. The fourth-order valence-corrected chi connectivity index (χ4v) is 3.10. The zero-order chi connectivity index (χ0) is 26.8. The van der Waals surface area contributed by atoms with Gasteiger partial charge in [-0.05, 0) is 48.4 Å². The molecule has 0 aliphatic rings. The Hall–Kier alpha value is -4.74. The van der Waals surface area contributed by atoms with Gasteiger partial charge in [-0.2, -0.15) is 4.98 Å². The molecule has 0 saturated heterocycles. The quantitative estimate of drug-likeness (QED) is 0.213. The minimum atomic E-state index is -1.35. The van der Waals surface area contributed by atoms with Crippen molar-refractivity contribution in [2.24, 2.45) is 0 Å². The summed E-state index contributed by atoms with van der Waals surface area (Å²) in [7, 11) is 0. The van der Waals surface area contributed by atoms with Crippen molar-refractivity contribution in [3.8, 4) is 5.75 Å². The number of hydrogen-bond acceptors (Lipinski definition) is 9. The van der Waals surface area contributed by atoms with Crippen LogP contribution >= 0.6 is 0 Å². The molecule has 12 heteroatoms. The number of carbonyl (C=O) groups excluding carboxylic acids is 2. The first-order chi connectivity index (χ1) is 17.1. The van der Waals surface area contributed by atoms with Gasteiger partial charge in [-0.15, -0.1) is 0 Å². The normalized spacial score (nSPS) is 11.1. The predicted octanol–water partition coefficient (Wildman–Crippen LogP) is 2.02. The first-order valence-electron chi connectivity index (χ1n) is 11.0. The maximum atomic E-state index is 12.3. The molecule has 2 aromatic carbocycles. The van der Waals surface area contributed by atoms with E-state index in [9.17, 15) is 19.2 Å². The van der Waals surface area contributed by atoms with Gasteiger partial charge in [-0.1, -0.05) is 19.9 Å². The number of aromatic nitrogens is 2. The molecule has 0 aliphatic heterocycles. The highest BCUT2D eigenvalue weighted by atomic mass is 16.5. The summed E-state index contributed by atoms with van der Waals surface area (Å²) >= 11 is 0. The lowest BCUT2D eigenvalue weighted by atomic mass is 10.1. The van der Waals surface area contributed by atoms with E-state index in [1.807, 2.05) is 13.8 Å². The van der Waals surface area contributed by atoms with Gasteiger partial charge >= 0.3 is 17.9 Å². The van der Waals surface area contributed by atoms with E-state index in [-0.39, 0.29) is 35.9 Å². The SMILES string of the molecule is CC.Nc1nc(N)c2cc(CC(=O)Oc3ccc(C(=O)NC(CCC(=O)O)C(=O)O)cc3)ccc2n1. The van der Waals surface area contributed by atoms with Crippen molar-refractivity contribution in [2.45, 2.75) is 39.2 Å². The van der Waals surface area contributed by atoms with Crippen LogP contribution in [0.2, 0.25) is 0 Å².